The quantitative estimate of drug-likeness (QED) is 0.687. The molecule has 122 valence electrons. The monoisotopic (exact) mass is 335 g/mol. The second kappa shape index (κ2) is 5.59. The van der Waals surface area contributed by atoms with Crippen molar-refractivity contribution in [3.8, 4) is 11.3 Å². The van der Waals surface area contributed by atoms with Gasteiger partial charge in [0.1, 0.15) is 5.82 Å². The minimum Gasteiger partial charge on any atom is -0.478 e. The van der Waals surface area contributed by atoms with Crippen molar-refractivity contribution in [2.75, 3.05) is 0 Å². The Bertz CT molecular complexity index is 934. The molecule has 0 aliphatic rings. The SMILES string of the molecule is O=C(O)c1cc(-c2ccc(F)cc2)nc2ccc(C(F)(F)F)cc12. The van der Waals surface area contributed by atoms with Crippen molar-refractivity contribution in [3.05, 3.63) is 65.5 Å². The van der Waals surface area contributed by atoms with E-state index < -0.39 is 23.5 Å². The molecule has 24 heavy (non-hydrogen) atoms. The molecular weight excluding hydrogens is 326 g/mol. The average Bonchev–Trinajstić information content (AvgIpc) is 2.53. The summed E-state index contributed by atoms with van der Waals surface area (Å²) in [5, 5.41) is 9.21. The number of hydrogen-bond donors (Lipinski definition) is 1. The molecule has 0 saturated carbocycles. The van der Waals surface area contributed by atoms with Crippen molar-refractivity contribution in [3.63, 3.8) is 0 Å². The number of nitrogens with zero attached hydrogens (tertiary/aromatic N) is 1. The molecule has 7 heteroatoms. The number of fused-ring (bicyclic) bond motifs is 1. The smallest absolute Gasteiger partial charge is 0.416 e. The van der Waals surface area contributed by atoms with E-state index in [2.05, 4.69) is 4.98 Å². The van der Waals surface area contributed by atoms with Crippen LogP contribution in [-0.4, -0.2) is 16.1 Å². The lowest BCUT2D eigenvalue weighted by atomic mass is 10.0. The number of benzene rings is 2. The van der Waals surface area contributed by atoms with E-state index in [0.717, 1.165) is 18.2 Å². The van der Waals surface area contributed by atoms with Crippen LogP contribution < -0.4 is 0 Å². The number of aromatic nitrogens is 1. The van der Waals surface area contributed by atoms with Gasteiger partial charge < -0.3 is 5.11 Å². The topological polar surface area (TPSA) is 50.2 Å². The predicted molar refractivity (Wildman–Crippen MR) is 79.1 cm³/mol. The number of carboxylic acid groups (broad SMARTS) is 1. The molecule has 0 unspecified atom stereocenters. The summed E-state index contributed by atoms with van der Waals surface area (Å²) in [6, 6.07) is 9.12. The normalized spacial score (nSPS) is 11.7. The highest BCUT2D eigenvalue weighted by molar-refractivity contribution is 6.04. The number of alkyl halides is 3. The van der Waals surface area contributed by atoms with Crippen LogP contribution in [0.4, 0.5) is 17.6 Å². The van der Waals surface area contributed by atoms with Gasteiger partial charge in [0.05, 0.1) is 22.3 Å². The first-order valence-electron chi connectivity index (χ1n) is 6.77. The van der Waals surface area contributed by atoms with Crippen molar-refractivity contribution in [2.45, 2.75) is 6.18 Å². The maximum atomic E-state index is 13.0. The van der Waals surface area contributed by atoms with Gasteiger partial charge in [-0.25, -0.2) is 14.2 Å². The van der Waals surface area contributed by atoms with Gasteiger partial charge in [-0.15, -0.1) is 0 Å². The van der Waals surface area contributed by atoms with Gasteiger partial charge in [0, 0.05) is 10.9 Å². The minimum atomic E-state index is -4.58. The van der Waals surface area contributed by atoms with Gasteiger partial charge in [-0.3, -0.25) is 0 Å². The lowest BCUT2D eigenvalue weighted by Crippen LogP contribution is -2.06. The van der Waals surface area contributed by atoms with E-state index >= 15 is 0 Å². The summed E-state index contributed by atoms with van der Waals surface area (Å²) in [5.74, 6) is -1.84. The lowest BCUT2D eigenvalue weighted by molar-refractivity contribution is -0.137. The zero-order valence-corrected chi connectivity index (χ0v) is 11.9. The predicted octanol–water partition coefficient (Wildman–Crippen LogP) is 4.76. The van der Waals surface area contributed by atoms with E-state index in [9.17, 15) is 27.5 Å². The molecular formula is C17H9F4NO2. The zero-order chi connectivity index (χ0) is 17.5. The maximum absolute atomic E-state index is 13.0. The van der Waals surface area contributed by atoms with Crippen molar-refractivity contribution >= 4 is 16.9 Å². The Morgan fingerprint density at radius 2 is 1.67 bits per heavy atom. The van der Waals surface area contributed by atoms with Gasteiger partial charge in [-0.1, -0.05) is 0 Å². The van der Waals surface area contributed by atoms with Crippen molar-refractivity contribution in [1.29, 1.82) is 0 Å². The Morgan fingerprint density at radius 1 is 1.00 bits per heavy atom. The summed E-state index contributed by atoms with van der Waals surface area (Å²) in [6.07, 6.45) is -4.58. The van der Waals surface area contributed by atoms with Gasteiger partial charge in [0.25, 0.3) is 0 Å². The Morgan fingerprint density at radius 3 is 2.25 bits per heavy atom. The molecule has 1 aromatic heterocycles. The van der Waals surface area contributed by atoms with Gasteiger partial charge in [0.2, 0.25) is 0 Å². The van der Waals surface area contributed by atoms with Gasteiger partial charge in [-0.2, -0.15) is 13.2 Å². The molecule has 1 N–H and O–H groups in total. The molecule has 1 heterocycles. The molecule has 3 rings (SSSR count). The molecule has 0 fully saturated rings. The summed E-state index contributed by atoms with van der Waals surface area (Å²) < 4.78 is 51.5. The number of aromatic carboxylic acids is 1. The number of carboxylic acids is 1. The first-order chi connectivity index (χ1) is 11.3. The van der Waals surface area contributed by atoms with Gasteiger partial charge >= 0.3 is 12.1 Å². The van der Waals surface area contributed by atoms with E-state index in [4.69, 9.17) is 0 Å². The van der Waals surface area contributed by atoms with Crippen LogP contribution in [0.25, 0.3) is 22.2 Å². The largest absolute Gasteiger partial charge is 0.478 e. The number of hydrogen-bond acceptors (Lipinski definition) is 2. The Hall–Kier alpha value is -2.96. The number of pyridine rings is 1. The summed E-state index contributed by atoms with van der Waals surface area (Å²) in [7, 11) is 0. The molecule has 2 aromatic carbocycles. The van der Waals surface area contributed by atoms with Crippen molar-refractivity contribution in [2.24, 2.45) is 0 Å². The lowest BCUT2D eigenvalue weighted by Gasteiger charge is -2.11. The Kier molecular flexibility index (Phi) is 3.71. The third-order valence-electron chi connectivity index (χ3n) is 3.51. The third-order valence-corrected chi connectivity index (χ3v) is 3.51. The van der Waals surface area contributed by atoms with Crippen LogP contribution in [0.3, 0.4) is 0 Å². The molecule has 0 aliphatic carbocycles. The molecule has 0 atom stereocenters. The fourth-order valence-corrected chi connectivity index (χ4v) is 2.35. The number of halogens is 4. The molecule has 0 spiro atoms. The van der Waals surface area contributed by atoms with E-state index in [1.165, 1.54) is 30.3 Å². The fourth-order valence-electron chi connectivity index (χ4n) is 2.35. The zero-order valence-electron chi connectivity index (χ0n) is 11.9. The van der Waals surface area contributed by atoms with Crippen LogP contribution in [0.5, 0.6) is 0 Å². The van der Waals surface area contributed by atoms with Crippen molar-refractivity contribution < 1.29 is 27.5 Å². The summed E-state index contributed by atoms with van der Waals surface area (Å²) >= 11 is 0. The highest BCUT2D eigenvalue weighted by Gasteiger charge is 2.31. The highest BCUT2D eigenvalue weighted by Crippen LogP contribution is 2.33. The van der Waals surface area contributed by atoms with Crippen molar-refractivity contribution in [1.82, 2.24) is 4.98 Å². The Balaban J connectivity index is 2.25. The molecule has 0 bridgehead atoms. The second-order valence-electron chi connectivity index (χ2n) is 5.10. The molecule has 0 amide bonds. The van der Waals surface area contributed by atoms with Crippen LogP contribution >= 0.6 is 0 Å². The first kappa shape index (κ1) is 15.9. The molecule has 3 aromatic rings. The molecule has 0 saturated heterocycles. The van der Waals surface area contributed by atoms with Crippen LogP contribution in [0, 0.1) is 5.82 Å². The minimum absolute atomic E-state index is 0.108. The van der Waals surface area contributed by atoms with Gasteiger partial charge in [0.15, 0.2) is 0 Å². The standard InChI is InChI=1S/C17H9F4NO2/c18-11-4-1-9(2-5-11)15-8-13(16(23)24)12-7-10(17(19,20)21)3-6-14(12)22-15/h1-8H,(H,23,24). The van der Waals surface area contributed by atoms with Crippen LogP contribution in [-0.2, 0) is 6.18 Å². The highest BCUT2D eigenvalue weighted by atomic mass is 19.4. The number of carbonyl (C=O) groups is 1. The van der Waals surface area contributed by atoms with E-state index in [1.807, 2.05) is 0 Å². The maximum Gasteiger partial charge on any atom is 0.416 e. The third kappa shape index (κ3) is 2.92. The number of rotatable bonds is 2. The van der Waals surface area contributed by atoms with Crippen LogP contribution in [0.1, 0.15) is 15.9 Å². The second-order valence-corrected chi connectivity index (χ2v) is 5.10. The average molecular weight is 335 g/mol. The summed E-state index contributed by atoms with van der Waals surface area (Å²) in [4.78, 5) is 15.6. The summed E-state index contributed by atoms with van der Waals surface area (Å²) in [6.45, 7) is 0. The van der Waals surface area contributed by atoms with E-state index in [-0.39, 0.29) is 22.2 Å². The molecule has 0 radical (unpaired) electrons. The molecule has 0 aliphatic heterocycles. The summed E-state index contributed by atoms with van der Waals surface area (Å²) in [5.41, 5.74) is -0.443. The first-order valence-corrected chi connectivity index (χ1v) is 6.77. The van der Waals surface area contributed by atoms with E-state index in [0.29, 0.717) is 5.56 Å². The van der Waals surface area contributed by atoms with Crippen LogP contribution in [0.15, 0.2) is 48.5 Å². The van der Waals surface area contributed by atoms with Crippen LogP contribution in [0.2, 0.25) is 0 Å². The Labute approximate surface area is 133 Å². The fraction of sp³-hybridized carbons (Fsp3) is 0.0588. The van der Waals surface area contributed by atoms with Gasteiger partial charge in [-0.05, 0) is 48.5 Å². The van der Waals surface area contributed by atoms with E-state index in [1.54, 1.807) is 0 Å². The molecule has 3 nitrogen and oxygen atoms in total.